The Bertz CT molecular complexity index is 1110. The van der Waals surface area contributed by atoms with Gasteiger partial charge in [0.25, 0.3) is 0 Å². The highest BCUT2D eigenvalue weighted by molar-refractivity contribution is 5.53. The Morgan fingerprint density at radius 2 is 0.825 bits per heavy atom. The molecule has 0 aromatic heterocycles. The van der Waals surface area contributed by atoms with Crippen molar-refractivity contribution < 1.29 is 15.3 Å². The van der Waals surface area contributed by atoms with Gasteiger partial charge in [0.05, 0.1) is 0 Å². The molecule has 0 aliphatic heterocycles. The molecule has 0 aliphatic carbocycles. The average Bonchev–Trinajstić information content (AvgIpc) is 2.83. The van der Waals surface area contributed by atoms with Gasteiger partial charge in [-0.25, -0.2) is 0 Å². The number of hydrogen-bond donors (Lipinski definition) is 2. The van der Waals surface area contributed by atoms with Crippen LogP contribution in [0, 0.1) is 0 Å². The summed E-state index contributed by atoms with van der Waals surface area (Å²) >= 11 is 0. The molecule has 0 saturated carbocycles. The van der Waals surface area contributed by atoms with Gasteiger partial charge in [-0.1, -0.05) is 152 Å². The fraction of sp³-hybridized carbons (Fsp3) is 0.514. The molecule has 3 nitrogen and oxygen atoms in total. The maximum Gasteiger partial charge on any atom is 0.131 e. The number of ether oxygens (including phenoxy) is 1. The van der Waals surface area contributed by atoms with Crippen LogP contribution in [0.2, 0.25) is 0 Å². The summed E-state index contributed by atoms with van der Waals surface area (Å²) in [5.74, 6) is 2.61. The zero-order valence-electron chi connectivity index (χ0n) is 27.7. The van der Waals surface area contributed by atoms with Gasteiger partial charge in [0.15, 0.2) is 0 Å². The summed E-state index contributed by atoms with van der Waals surface area (Å²) < 4.78 is 6.77. The van der Waals surface area contributed by atoms with Crippen molar-refractivity contribution in [3.8, 4) is 11.5 Å². The molecular weight excluding hydrogens is 492 g/mol. The summed E-state index contributed by atoms with van der Waals surface area (Å²) in [5.41, 5.74) is 6.81. The van der Waals surface area contributed by atoms with E-state index in [1.165, 1.54) is 27.8 Å². The number of rotatable bonds is 3. The van der Waals surface area contributed by atoms with Crippen LogP contribution in [0.5, 0.6) is 11.5 Å². The van der Waals surface area contributed by atoms with Crippen LogP contribution < -0.4 is 4.74 Å². The lowest BCUT2D eigenvalue weighted by atomic mass is 9.74. The second-order valence-corrected chi connectivity index (χ2v) is 15.0. The van der Waals surface area contributed by atoms with E-state index in [9.17, 15) is 0 Å². The molecule has 3 aromatic carbocycles. The van der Waals surface area contributed by atoms with Crippen LogP contribution in [0.3, 0.4) is 0 Å². The Hall–Kier alpha value is -2.62. The maximum atomic E-state index is 6.77. The molecule has 3 aromatic rings. The Morgan fingerprint density at radius 1 is 0.475 bits per heavy atom. The van der Waals surface area contributed by atoms with Crippen molar-refractivity contribution in [3.05, 3.63) is 94.5 Å². The molecule has 0 saturated heterocycles. The molecule has 0 fully saturated rings. The first-order valence-corrected chi connectivity index (χ1v) is 14.5. The lowest BCUT2D eigenvalue weighted by Gasteiger charge is -2.34. The van der Waals surface area contributed by atoms with Gasteiger partial charge >= 0.3 is 0 Å². The minimum absolute atomic E-state index is 0.0112. The molecule has 3 heteroatoms. The van der Waals surface area contributed by atoms with Gasteiger partial charge in [-0.2, -0.15) is 0 Å². The fourth-order valence-corrected chi connectivity index (χ4v) is 4.99. The predicted molar refractivity (Wildman–Crippen MR) is 174 cm³/mol. The number of benzene rings is 3. The van der Waals surface area contributed by atoms with Gasteiger partial charge in [0.1, 0.15) is 11.5 Å². The highest BCUT2D eigenvalue weighted by Gasteiger charge is 2.31. The zero-order chi connectivity index (χ0) is 31.1. The van der Waals surface area contributed by atoms with E-state index in [4.69, 9.17) is 15.3 Å². The maximum absolute atomic E-state index is 6.77. The number of hydrogen-bond acceptors (Lipinski definition) is 3. The van der Waals surface area contributed by atoms with Crippen LogP contribution >= 0.6 is 0 Å². The molecule has 0 bridgehead atoms. The second kappa shape index (κ2) is 13.8. The van der Waals surface area contributed by atoms with Gasteiger partial charge in [-0.05, 0) is 56.4 Å². The van der Waals surface area contributed by atoms with E-state index in [0.717, 1.165) is 11.5 Å². The quantitative estimate of drug-likeness (QED) is 0.253. The lowest BCUT2D eigenvalue weighted by Crippen LogP contribution is -2.24. The Morgan fingerprint density at radius 3 is 1.07 bits per heavy atom. The Kier molecular flexibility index (Phi) is 12.2. The van der Waals surface area contributed by atoms with E-state index in [1.807, 2.05) is 6.07 Å². The molecule has 3 rings (SSSR count). The largest absolute Gasteiger partial charge is 0.457 e. The SMILES string of the molecule is CC(C)(C)c1cccc(Oc2cccc(C(C)(C)C)c2C(C)(C)C)c1C(C)(C)C.CC(C)c1ccccc1.OO. The van der Waals surface area contributed by atoms with Crippen molar-refractivity contribution in [1.29, 1.82) is 0 Å². The molecular formula is C37H56O3. The third-order valence-corrected chi connectivity index (χ3v) is 6.85. The molecule has 2 N–H and O–H groups in total. The van der Waals surface area contributed by atoms with Crippen molar-refractivity contribution in [3.63, 3.8) is 0 Å². The molecule has 0 heterocycles. The van der Waals surface area contributed by atoms with E-state index < -0.39 is 0 Å². The van der Waals surface area contributed by atoms with Crippen LogP contribution in [-0.4, -0.2) is 10.5 Å². The lowest BCUT2D eigenvalue weighted by molar-refractivity contribution is -0.176. The van der Waals surface area contributed by atoms with Crippen LogP contribution in [0.4, 0.5) is 0 Å². The van der Waals surface area contributed by atoms with Gasteiger partial charge in [0, 0.05) is 11.1 Å². The summed E-state index contributed by atoms with van der Waals surface area (Å²) in [7, 11) is 0. The predicted octanol–water partition coefficient (Wildman–Crippen LogP) is 11.5. The second-order valence-electron chi connectivity index (χ2n) is 15.0. The third kappa shape index (κ3) is 9.78. The highest BCUT2D eigenvalue weighted by Crippen LogP contribution is 2.45. The van der Waals surface area contributed by atoms with E-state index in [1.54, 1.807) is 0 Å². The van der Waals surface area contributed by atoms with Crippen molar-refractivity contribution in [2.75, 3.05) is 0 Å². The van der Waals surface area contributed by atoms with Gasteiger partial charge < -0.3 is 4.74 Å². The van der Waals surface area contributed by atoms with Crippen LogP contribution in [0.15, 0.2) is 66.7 Å². The summed E-state index contributed by atoms with van der Waals surface area (Å²) in [6.45, 7) is 31.8. The minimum Gasteiger partial charge on any atom is -0.457 e. The molecule has 0 aliphatic rings. The summed E-state index contributed by atoms with van der Waals surface area (Å²) in [6.07, 6.45) is 0. The van der Waals surface area contributed by atoms with Crippen LogP contribution in [0.1, 0.15) is 131 Å². The third-order valence-electron chi connectivity index (χ3n) is 6.85. The smallest absolute Gasteiger partial charge is 0.131 e. The van der Waals surface area contributed by atoms with Crippen molar-refractivity contribution in [2.45, 2.75) is 125 Å². The minimum atomic E-state index is -0.0112. The first-order valence-electron chi connectivity index (χ1n) is 14.5. The Labute approximate surface area is 245 Å². The zero-order valence-corrected chi connectivity index (χ0v) is 27.7. The fourth-order valence-electron chi connectivity index (χ4n) is 4.99. The highest BCUT2D eigenvalue weighted by atomic mass is 17.0. The van der Waals surface area contributed by atoms with E-state index in [-0.39, 0.29) is 21.7 Å². The summed E-state index contributed by atoms with van der Waals surface area (Å²) in [6, 6.07) is 23.6. The van der Waals surface area contributed by atoms with Crippen molar-refractivity contribution in [2.24, 2.45) is 0 Å². The first kappa shape index (κ1) is 35.4. The average molecular weight is 549 g/mol. The van der Waals surface area contributed by atoms with Crippen LogP contribution in [-0.2, 0) is 21.7 Å². The van der Waals surface area contributed by atoms with E-state index >= 15 is 0 Å². The topological polar surface area (TPSA) is 49.7 Å². The molecule has 0 unspecified atom stereocenters. The van der Waals surface area contributed by atoms with Gasteiger partial charge in [-0.15, -0.1) is 0 Å². The van der Waals surface area contributed by atoms with Crippen molar-refractivity contribution >= 4 is 0 Å². The normalized spacial score (nSPS) is 12.2. The van der Waals surface area contributed by atoms with Gasteiger partial charge in [-0.3, -0.25) is 10.5 Å². The molecule has 0 spiro atoms. The van der Waals surface area contributed by atoms with Gasteiger partial charge in [0.2, 0.25) is 0 Å². The molecule has 222 valence electrons. The van der Waals surface area contributed by atoms with E-state index in [0.29, 0.717) is 5.92 Å². The summed E-state index contributed by atoms with van der Waals surface area (Å²) in [4.78, 5) is 0. The van der Waals surface area contributed by atoms with E-state index in [2.05, 4.69) is 158 Å². The molecule has 0 atom stereocenters. The monoisotopic (exact) mass is 548 g/mol. The van der Waals surface area contributed by atoms with Crippen LogP contribution in [0.25, 0.3) is 0 Å². The van der Waals surface area contributed by atoms with Crippen molar-refractivity contribution in [1.82, 2.24) is 0 Å². The molecule has 40 heavy (non-hydrogen) atoms. The first-order chi connectivity index (χ1) is 18.2. The standard InChI is InChI=1S/C28H42O.C9H12.H2O2/c1-25(2,3)19-15-13-17-21(23(19)27(7,8)9)29-22-18-14-16-20(26(4,5)6)24(22)28(10,11)12;1-8(2)9-6-4-3-5-7-9;1-2/h13-18H,1-12H3;3-8H,1-2H3;1-2H. The summed E-state index contributed by atoms with van der Waals surface area (Å²) in [5, 5.41) is 12.0. The Balaban J connectivity index is 0.000000609. The molecule has 0 amide bonds. The molecule has 0 radical (unpaired) electrons.